The molecule has 0 aliphatic heterocycles. The number of hydrogen-bond donors (Lipinski definition) is 2. The van der Waals surface area contributed by atoms with E-state index in [0.29, 0.717) is 5.16 Å². The Morgan fingerprint density at radius 1 is 1.20 bits per heavy atom. The fourth-order valence-corrected chi connectivity index (χ4v) is 3.23. The smallest absolute Gasteiger partial charge is 0.270 e. The van der Waals surface area contributed by atoms with Gasteiger partial charge in [-0.1, -0.05) is 17.8 Å². The molecule has 0 saturated carbocycles. The maximum absolute atomic E-state index is 12.1. The molecule has 3 aromatic rings. The molecule has 0 saturated heterocycles. The second-order valence-corrected chi connectivity index (χ2v) is 6.82. The van der Waals surface area contributed by atoms with E-state index < -0.39 is 16.7 Å². The minimum atomic E-state index is -0.656. The van der Waals surface area contributed by atoms with Crippen molar-refractivity contribution in [2.45, 2.75) is 5.16 Å². The van der Waals surface area contributed by atoms with Gasteiger partial charge in [0, 0.05) is 35.8 Å². The van der Waals surface area contributed by atoms with Crippen LogP contribution in [0, 0.1) is 10.1 Å². The number of imidazole rings is 1. The van der Waals surface area contributed by atoms with Crippen molar-refractivity contribution in [1.82, 2.24) is 20.4 Å². The first-order chi connectivity index (χ1) is 14.5. The van der Waals surface area contributed by atoms with Crippen molar-refractivity contribution >= 4 is 29.3 Å². The fourth-order valence-electron chi connectivity index (χ4n) is 2.46. The van der Waals surface area contributed by atoms with Crippen molar-refractivity contribution in [3.8, 4) is 11.4 Å². The monoisotopic (exact) mass is 427 g/mol. The van der Waals surface area contributed by atoms with E-state index in [-0.39, 0.29) is 17.0 Å². The van der Waals surface area contributed by atoms with E-state index in [1.54, 1.807) is 19.5 Å². The number of amides is 2. The van der Waals surface area contributed by atoms with Gasteiger partial charge in [0.25, 0.3) is 11.6 Å². The molecule has 0 spiro atoms. The third kappa shape index (κ3) is 5.14. The lowest BCUT2D eigenvalue weighted by Crippen LogP contribution is -2.42. The maximum atomic E-state index is 12.1. The molecule has 0 aliphatic rings. The van der Waals surface area contributed by atoms with Crippen LogP contribution in [-0.2, 0) is 4.79 Å². The topological polar surface area (TPSA) is 128 Å². The van der Waals surface area contributed by atoms with Gasteiger partial charge in [0.1, 0.15) is 5.75 Å². The number of nitro groups is 1. The number of nitrogens with zero attached hydrogens (tertiary/aromatic N) is 3. The van der Waals surface area contributed by atoms with Gasteiger partial charge < -0.3 is 4.74 Å². The number of carbonyl (C=O) groups is 2. The van der Waals surface area contributed by atoms with Crippen molar-refractivity contribution in [3.05, 3.63) is 76.6 Å². The molecule has 30 heavy (non-hydrogen) atoms. The van der Waals surface area contributed by atoms with E-state index in [9.17, 15) is 19.7 Å². The number of hydrazine groups is 1. The predicted molar refractivity (Wildman–Crippen MR) is 110 cm³/mol. The minimum Gasteiger partial charge on any atom is -0.497 e. The summed E-state index contributed by atoms with van der Waals surface area (Å²) in [5.41, 5.74) is 5.23. The van der Waals surface area contributed by atoms with Gasteiger partial charge in [-0.15, -0.1) is 0 Å². The summed E-state index contributed by atoms with van der Waals surface area (Å²) in [6.07, 6.45) is 3.39. The molecule has 11 heteroatoms. The van der Waals surface area contributed by atoms with E-state index in [0.717, 1.165) is 17.5 Å². The van der Waals surface area contributed by atoms with Crippen LogP contribution in [0.3, 0.4) is 0 Å². The highest BCUT2D eigenvalue weighted by Gasteiger charge is 2.13. The molecular formula is C19H17N5O5S. The lowest BCUT2D eigenvalue weighted by atomic mass is 10.2. The Hall–Kier alpha value is -3.86. The van der Waals surface area contributed by atoms with Crippen molar-refractivity contribution in [1.29, 1.82) is 0 Å². The lowest BCUT2D eigenvalue weighted by Gasteiger charge is -2.09. The zero-order chi connectivity index (χ0) is 21.5. The quantitative estimate of drug-likeness (QED) is 0.336. The standard InChI is InChI=1S/C19H17N5O5S/c1-29-16-7-5-14(6-8-16)23-10-9-20-19(23)30-12-17(25)21-22-18(26)13-3-2-4-15(11-13)24(27)28/h2-11H,12H2,1H3,(H,21,25)(H,22,26). The van der Waals surface area contributed by atoms with Crippen LogP contribution < -0.4 is 15.6 Å². The Balaban J connectivity index is 1.54. The van der Waals surface area contributed by atoms with Crippen LogP contribution in [-0.4, -0.2) is 39.2 Å². The molecule has 10 nitrogen and oxygen atoms in total. The van der Waals surface area contributed by atoms with E-state index >= 15 is 0 Å². The molecule has 2 aromatic carbocycles. The van der Waals surface area contributed by atoms with Crippen molar-refractivity contribution in [2.24, 2.45) is 0 Å². The summed E-state index contributed by atoms with van der Waals surface area (Å²) in [5, 5.41) is 11.4. The van der Waals surface area contributed by atoms with Crippen molar-refractivity contribution in [2.75, 3.05) is 12.9 Å². The van der Waals surface area contributed by atoms with Gasteiger partial charge in [-0.3, -0.25) is 35.1 Å². The number of hydrogen-bond acceptors (Lipinski definition) is 7. The van der Waals surface area contributed by atoms with Gasteiger partial charge in [0.2, 0.25) is 5.91 Å². The average Bonchev–Trinajstić information content (AvgIpc) is 3.24. The van der Waals surface area contributed by atoms with Crippen LogP contribution in [0.15, 0.2) is 66.1 Å². The van der Waals surface area contributed by atoms with Crippen LogP contribution in [0.5, 0.6) is 5.75 Å². The zero-order valence-electron chi connectivity index (χ0n) is 15.8. The summed E-state index contributed by atoms with van der Waals surface area (Å²) in [6, 6.07) is 12.6. The summed E-state index contributed by atoms with van der Waals surface area (Å²) in [5.74, 6) is -0.380. The number of thioether (sulfide) groups is 1. The van der Waals surface area contributed by atoms with Crippen LogP contribution in [0.1, 0.15) is 10.4 Å². The first-order valence-corrected chi connectivity index (χ1v) is 9.60. The number of methoxy groups -OCH3 is 1. The molecular weight excluding hydrogens is 410 g/mol. The molecule has 154 valence electrons. The minimum absolute atomic E-state index is 0.00237. The van der Waals surface area contributed by atoms with Gasteiger partial charge in [-0.25, -0.2) is 4.98 Å². The second-order valence-electron chi connectivity index (χ2n) is 5.88. The number of rotatable bonds is 7. The zero-order valence-corrected chi connectivity index (χ0v) is 16.6. The van der Waals surface area contributed by atoms with Crippen LogP contribution >= 0.6 is 11.8 Å². The number of nitro benzene ring substituents is 1. The van der Waals surface area contributed by atoms with Crippen LogP contribution in [0.25, 0.3) is 5.69 Å². The van der Waals surface area contributed by atoms with E-state index in [4.69, 9.17) is 4.74 Å². The summed E-state index contributed by atoms with van der Waals surface area (Å²) in [7, 11) is 1.59. The summed E-state index contributed by atoms with van der Waals surface area (Å²) in [6.45, 7) is 0. The molecule has 2 amide bonds. The summed E-state index contributed by atoms with van der Waals surface area (Å²) in [4.78, 5) is 38.6. The van der Waals surface area contributed by atoms with E-state index in [2.05, 4.69) is 15.8 Å². The Bertz CT molecular complexity index is 1070. The van der Waals surface area contributed by atoms with Gasteiger partial charge in [0.15, 0.2) is 5.16 Å². The third-order valence-corrected chi connectivity index (χ3v) is 4.89. The molecule has 0 radical (unpaired) electrons. The molecule has 2 N–H and O–H groups in total. The second kappa shape index (κ2) is 9.56. The average molecular weight is 427 g/mol. The van der Waals surface area contributed by atoms with Crippen molar-refractivity contribution < 1.29 is 19.2 Å². The first-order valence-electron chi connectivity index (χ1n) is 8.62. The lowest BCUT2D eigenvalue weighted by molar-refractivity contribution is -0.384. The van der Waals surface area contributed by atoms with Gasteiger partial charge in [0.05, 0.1) is 17.8 Å². The number of ether oxygens (including phenoxy) is 1. The highest BCUT2D eigenvalue weighted by molar-refractivity contribution is 7.99. The molecule has 1 aromatic heterocycles. The molecule has 0 bridgehead atoms. The van der Waals surface area contributed by atoms with E-state index in [1.165, 1.54) is 30.0 Å². The largest absolute Gasteiger partial charge is 0.497 e. The highest BCUT2D eigenvalue weighted by atomic mass is 32.2. The van der Waals surface area contributed by atoms with Gasteiger partial charge in [-0.2, -0.15) is 0 Å². The number of carbonyl (C=O) groups excluding carboxylic acids is 2. The maximum Gasteiger partial charge on any atom is 0.270 e. The Morgan fingerprint density at radius 3 is 2.67 bits per heavy atom. The molecule has 0 unspecified atom stereocenters. The van der Waals surface area contributed by atoms with Crippen molar-refractivity contribution in [3.63, 3.8) is 0 Å². The third-order valence-electron chi connectivity index (χ3n) is 3.92. The Kier molecular flexibility index (Phi) is 6.65. The Morgan fingerprint density at radius 2 is 1.97 bits per heavy atom. The van der Waals surface area contributed by atoms with Gasteiger partial charge >= 0.3 is 0 Å². The van der Waals surface area contributed by atoms with Crippen LogP contribution in [0.4, 0.5) is 5.69 Å². The SMILES string of the molecule is COc1ccc(-n2ccnc2SCC(=O)NNC(=O)c2cccc([N+](=O)[O-])c2)cc1. The summed E-state index contributed by atoms with van der Waals surface area (Å²) >= 11 is 1.19. The number of aromatic nitrogens is 2. The van der Waals surface area contributed by atoms with E-state index in [1.807, 2.05) is 28.8 Å². The normalized spacial score (nSPS) is 10.3. The molecule has 0 fully saturated rings. The first kappa shape index (κ1) is 20.9. The molecule has 0 atom stereocenters. The number of non-ortho nitro benzene ring substituents is 1. The summed E-state index contributed by atoms with van der Waals surface area (Å²) < 4.78 is 6.96. The van der Waals surface area contributed by atoms with Crippen LogP contribution in [0.2, 0.25) is 0 Å². The van der Waals surface area contributed by atoms with Gasteiger partial charge in [-0.05, 0) is 30.3 Å². The fraction of sp³-hybridized carbons (Fsp3) is 0.105. The number of nitrogens with one attached hydrogen (secondary N) is 2. The Labute approximate surface area is 175 Å². The molecule has 0 aliphatic carbocycles. The molecule has 3 rings (SSSR count). The number of benzene rings is 2. The molecule has 1 heterocycles. The highest BCUT2D eigenvalue weighted by Crippen LogP contribution is 2.22. The predicted octanol–water partition coefficient (Wildman–Crippen LogP) is 2.34.